The minimum Gasteiger partial charge on any atom is -0.381 e. The Balaban J connectivity index is 1.60. The summed E-state index contributed by atoms with van der Waals surface area (Å²) in [6.45, 7) is 4.29. The van der Waals surface area contributed by atoms with Crippen LogP contribution in [0.15, 0.2) is 6.20 Å². The fourth-order valence-electron chi connectivity index (χ4n) is 1.66. The van der Waals surface area contributed by atoms with Gasteiger partial charge in [-0.15, -0.1) is 5.10 Å². The lowest BCUT2D eigenvalue weighted by Crippen LogP contribution is -2.13. The van der Waals surface area contributed by atoms with Crippen molar-refractivity contribution in [1.82, 2.24) is 15.0 Å². The molecule has 1 unspecified atom stereocenters. The van der Waals surface area contributed by atoms with Gasteiger partial charge in [-0.1, -0.05) is 5.21 Å². The van der Waals surface area contributed by atoms with Crippen LogP contribution in [-0.4, -0.2) is 41.4 Å². The summed E-state index contributed by atoms with van der Waals surface area (Å²) in [7, 11) is 0. The Kier molecular flexibility index (Phi) is 4.26. The molecule has 0 bridgehead atoms. The number of nitrogens with zero attached hydrogens (tertiary/aromatic N) is 3. The zero-order valence-electron chi connectivity index (χ0n) is 9.34. The van der Waals surface area contributed by atoms with E-state index >= 15 is 0 Å². The monoisotopic (exact) mass is 226 g/mol. The second-order valence-corrected chi connectivity index (χ2v) is 3.98. The van der Waals surface area contributed by atoms with Crippen LogP contribution in [0.2, 0.25) is 0 Å². The summed E-state index contributed by atoms with van der Waals surface area (Å²) in [5, 5.41) is 7.84. The first-order valence-electron chi connectivity index (χ1n) is 5.63. The third-order valence-electron chi connectivity index (χ3n) is 2.64. The van der Waals surface area contributed by atoms with Crippen LogP contribution < -0.4 is 5.73 Å². The van der Waals surface area contributed by atoms with Crippen LogP contribution in [0.3, 0.4) is 0 Å². The van der Waals surface area contributed by atoms with E-state index in [2.05, 4.69) is 10.3 Å². The van der Waals surface area contributed by atoms with Crippen LogP contribution in [0.1, 0.15) is 12.1 Å². The second-order valence-electron chi connectivity index (χ2n) is 3.98. The van der Waals surface area contributed by atoms with E-state index in [1.165, 1.54) is 0 Å². The van der Waals surface area contributed by atoms with Crippen molar-refractivity contribution in [1.29, 1.82) is 0 Å². The summed E-state index contributed by atoms with van der Waals surface area (Å²) in [6.07, 6.45) is 2.96. The van der Waals surface area contributed by atoms with Crippen molar-refractivity contribution in [2.24, 2.45) is 11.7 Å². The van der Waals surface area contributed by atoms with Gasteiger partial charge in [0.15, 0.2) is 0 Å². The Morgan fingerprint density at radius 2 is 2.56 bits per heavy atom. The normalized spacial score (nSPS) is 20.4. The van der Waals surface area contributed by atoms with Crippen molar-refractivity contribution >= 4 is 0 Å². The third-order valence-corrected chi connectivity index (χ3v) is 2.64. The van der Waals surface area contributed by atoms with Gasteiger partial charge in [0.1, 0.15) is 0 Å². The Morgan fingerprint density at radius 3 is 3.25 bits per heavy atom. The molecule has 0 spiro atoms. The van der Waals surface area contributed by atoms with Gasteiger partial charge in [0.25, 0.3) is 0 Å². The molecule has 1 aromatic heterocycles. The minimum atomic E-state index is 0.431. The smallest absolute Gasteiger partial charge is 0.0962 e. The van der Waals surface area contributed by atoms with Crippen LogP contribution in [0.4, 0.5) is 0 Å². The van der Waals surface area contributed by atoms with Gasteiger partial charge in [-0.3, -0.25) is 0 Å². The molecule has 1 aromatic rings. The maximum absolute atomic E-state index is 5.56. The number of rotatable bonds is 6. The predicted octanol–water partition coefficient (Wildman–Crippen LogP) is -0.210. The van der Waals surface area contributed by atoms with Crippen LogP contribution in [-0.2, 0) is 22.6 Å². The van der Waals surface area contributed by atoms with E-state index in [9.17, 15) is 0 Å². The van der Waals surface area contributed by atoms with Gasteiger partial charge < -0.3 is 15.2 Å². The van der Waals surface area contributed by atoms with Crippen LogP contribution >= 0.6 is 0 Å². The molecule has 0 aliphatic carbocycles. The Bertz CT molecular complexity index is 310. The molecule has 16 heavy (non-hydrogen) atoms. The molecule has 0 aromatic carbocycles. The molecule has 2 N–H and O–H groups in total. The molecule has 1 aliphatic rings. The van der Waals surface area contributed by atoms with Gasteiger partial charge in [0.05, 0.1) is 32.1 Å². The van der Waals surface area contributed by atoms with Crippen molar-refractivity contribution in [3.8, 4) is 0 Å². The number of nitrogens with two attached hydrogens (primary N) is 1. The summed E-state index contributed by atoms with van der Waals surface area (Å²) in [5.74, 6) is 0.565. The van der Waals surface area contributed by atoms with Gasteiger partial charge in [-0.05, 0) is 6.42 Å². The fraction of sp³-hybridized carbons (Fsp3) is 0.800. The summed E-state index contributed by atoms with van der Waals surface area (Å²) in [6, 6.07) is 0. The Morgan fingerprint density at radius 1 is 1.62 bits per heavy atom. The summed E-state index contributed by atoms with van der Waals surface area (Å²) in [5.41, 5.74) is 6.25. The molecule has 1 fully saturated rings. The highest BCUT2D eigenvalue weighted by atomic mass is 16.5. The van der Waals surface area contributed by atoms with E-state index in [4.69, 9.17) is 15.2 Å². The molecule has 0 saturated carbocycles. The van der Waals surface area contributed by atoms with Crippen LogP contribution in [0, 0.1) is 5.92 Å². The van der Waals surface area contributed by atoms with Gasteiger partial charge >= 0.3 is 0 Å². The highest BCUT2D eigenvalue weighted by molar-refractivity contribution is 4.90. The van der Waals surface area contributed by atoms with Crippen molar-refractivity contribution in [2.45, 2.75) is 19.5 Å². The first-order chi connectivity index (χ1) is 7.88. The lowest BCUT2D eigenvalue weighted by atomic mass is 10.1. The SMILES string of the molecule is NCc1cn(CCOCC2CCOC2)nn1. The molecule has 90 valence electrons. The standard InChI is InChI=1S/C10H18N4O2/c11-5-10-6-14(13-12-10)2-4-16-8-9-1-3-15-7-9/h6,9H,1-5,7-8,11H2. The number of hydrogen-bond acceptors (Lipinski definition) is 5. The number of hydrogen-bond donors (Lipinski definition) is 1. The van der Waals surface area contributed by atoms with Gasteiger partial charge in [-0.25, -0.2) is 4.68 Å². The molecule has 6 nitrogen and oxygen atoms in total. The summed E-state index contributed by atoms with van der Waals surface area (Å²) < 4.78 is 12.6. The second kappa shape index (κ2) is 5.93. The Labute approximate surface area is 94.7 Å². The molecule has 2 heterocycles. The van der Waals surface area contributed by atoms with Crippen molar-refractivity contribution in [2.75, 3.05) is 26.4 Å². The molecule has 1 aliphatic heterocycles. The summed E-state index contributed by atoms with van der Waals surface area (Å²) >= 11 is 0. The predicted molar refractivity (Wildman–Crippen MR) is 57.7 cm³/mol. The molecule has 0 amide bonds. The summed E-state index contributed by atoms with van der Waals surface area (Å²) in [4.78, 5) is 0. The van der Waals surface area contributed by atoms with E-state index in [1.54, 1.807) is 4.68 Å². The van der Waals surface area contributed by atoms with Gasteiger partial charge in [0.2, 0.25) is 0 Å². The molecular formula is C10H18N4O2. The van der Waals surface area contributed by atoms with Gasteiger partial charge in [-0.2, -0.15) is 0 Å². The molecular weight excluding hydrogens is 208 g/mol. The average molecular weight is 226 g/mol. The van der Waals surface area contributed by atoms with Crippen molar-refractivity contribution in [3.63, 3.8) is 0 Å². The van der Waals surface area contributed by atoms with E-state index in [0.717, 1.165) is 38.5 Å². The number of aromatic nitrogens is 3. The van der Waals surface area contributed by atoms with Gasteiger partial charge in [0, 0.05) is 25.3 Å². The van der Waals surface area contributed by atoms with E-state index in [1.807, 2.05) is 6.20 Å². The average Bonchev–Trinajstić information content (AvgIpc) is 2.95. The molecule has 6 heteroatoms. The molecule has 1 saturated heterocycles. The minimum absolute atomic E-state index is 0.431. The fourth-order valence-corrected chi connectivity index (χ4v) is 1.66. The van der Waals surface area contributed by atoms with Crippen molar-refractivity contribution in [3.05, 3.63) is 11.9 Å². The zero-order valence-corrected chi connectivity index (χ0v) is 9.34. The molecule has 2 rings (SSSR count). The largest absolute Gasteiger partial charge is 0.381 e. The highest BCUT2D eigenvalue weighted by Crippen LogP contribution is 2.11. The number of ether oxygens (including phenoxy) is 2. The van der Waals surface area contributed by atoms with E-state index < -0.39 is 0 Å². The maximum atomic E-state index is 5.56. The highest BCUT2D eigenvalue weighted by Gasteiger charge is 2.15. The first-order valence-corrected chi connectivity index (χ1v) is 5.63. The molecule has 0 radical (unpaired) electrons. The quantitative estimate of drug-likeness (QED) is 0.679. The zero-order chi connectivity index (χ0) is 11.2. The maximum Gasteiger partial charge on any atom is 0.0962 e. The van der Waals surface area contributed by atoms with Crippen molar-refractivity contribution < 1.29 is 9.47 Å². The molecule has 1 atom stereocenters. The first kappa shape index (κ1) is 11.5. The van der Waals surface area contributed by atoms with E-state index in [0.29, 0.717) is 19.1 Å². The third kappa shape index (κ3) is 3.26. The van der Waals surface area contributed by atoms with Crippen LogP contribution in [0.25, 0.3) is 0 Å². The Hall–Kier alpha value is -0.980. The van der Waals surface area contributed by atoms with E-state index in [-0.39, 0.29) is 0 Å². The lowest BCUT2D eigenvalue weighted by molar-refractivity contribution is 0.0828. The van der Waals surface area contributed by atoms with Crippen LogP contribution in [0.5, 0.6) is 0 Å². The lowest BCUT2D eigenvalue weighted by Gasteiger charge is -2.08. The topological polar surface area (TPSA) is 75.2 Å².